The molecule has 0 saturated carbocycles. The number of benzene rings is 2. The largest absolute Gasteiger partial charge is 0.508 e. The lowest BCUT2D eigenvalue weighted by Crippen LogP contribution is -2.19. The van der Waals surface area contributed by atoms with E-state index in [1.807, 2.05) is 0 Å². The predicted octanol–water partition coefficient (Wildman–Crippen LogP) is 5.74. The second-order valence-electron chi connectivity index (χ2n) is 7.63. The van der Waals surface area contributed by atoms with Crippen molar-refractivity contribution in [2.24, 2.45) is 0 Å². The van der Waals surface area contributed by atoms with Crippen LogP contribution in [-0.4, -0.2) is 30.6 Å². The van der Waals surface area contributed by atoms with Crippen LogP contribution in [0.1, 0.15) is 27.4 Å². The average molecular weight is 499 g/mol. The maximum atomic E-state index is 14.4. The quantitative estimate of drug-likeness (QED) is 0.310. The SMILES string of the molecule is O=C(c1noc(-c2cccnc2)n1)c1c(C(F)(F)F)n(Cc2ccc(Cl)cc2)c2ccc(O)cc12. The molecule has 3 aromatic heterocycles. The first-order valence-electron chi connectivity index (χ1n) is 10.2. The molecule has 5 rings (SSSR count). The number of alkyl halides is 3. The summed E-state index contributed by atoms with van der Waals surface area (Å²) in [5.41, 5.74) is -0.841. The van der Waals surface area contributed by atoms with E-state index in [4.69, 9.17) is 16.1 Å². The van der Waals surface area contributed by atoms with Crippen LogP contribution in [0, 0.1) is 0 Å². The molecule has 7 nitrogen and oxygen atoms in total. The summed E-state index contributed by atoms with van der Waals surface area (Å²) < 4.78 is 49.4. The van der Waals surface area contributed by atoms with Crippen LogP contribution in [0.4, 0.5) is 13.2 Å². The summed E-state index contributed by atoms with van der Waals surface area (Å²) in [7, 11) is 0. The Balaban J connectivity index is 1.70. The van der Waals surface area contributed by atoms with Gasteiger partial charge in [-0.3, -0.25) is 9.78 Å². The maximum absolute atomic E-state index is 14.4. The first kappa shape index (κ1) is 22.6. The van der Waals surface area contributed by atoms with Crippen molar-refractivity contribution in [2.45, 2.75) is 12.7 Å². The summed E-state index contributed by atoms with van der Waals surface area (Å²) in [5.74, 6) is -2.01. The van der Waals surface area contributed by atoms with E-state index in [1.165, 1.54) is 24.5 Å². The Morgan fingerprint density at radius 2 is 1.89 bits per heavy atom. The molecular formula is C24H14ClF3N4O3. The number of halogens is 4. The molecule has 5 aromatic rings. The zero-order valence-electron chi connectivity index (χ0n) is 17.6. The van der Waals surface area contributed by atoms with Gasteiger partial charge in [0.25, 0.3) is 5.89 Å². The molecule has 0 atom stereocenters. The number of phenols is 1. The van der Waals surface area contributed by atoms with Gasteiger partial charge in [0.2, 0.25) is 11.6 Å². The molecule has 2 aromatic carbocycles. The van der Waals surface area contributed by atoms with Crippen molar-refractivity contribution in [1.29, 1.82) is 0 Å². The summed E-state index contributed by atoms with van der Waals surface area (Å²) >= 11 is 5.90. The van der Waals surface area contributed by atoms with Crippen LogP contribution in [0.2, 0.25) is 5.02 Å². The third-order valence-corrected chi connectivity index (χ3v) is 5.59. The highest BCUT2D eigenvalue weighted by atomic mass is 35.5. The minimum Gasteiger partial charge on any atom is -0.508 e. The van der Waals surface area contributed by atoms with E-state index < -0.39 is 29.0 Å². The van der Waals surface area contributed by atoms with Gasteiger partial charge in [-0.15, -0.1) is 0 Å². The molecule has 0 saturated heterocycles. The molecular weight excluding hydrogens is 485 g/mol. The van der Waals surface area contributed by atoms with Gasteiger partial charge in [-0.1, -0.05) is 28.9 Å². The van der Waals surface area contributed by atoms with E-state index in [0.29, 0.717) is 16.1 Å². The molecule has 3 heterocycles. The fraction of sp³-hybridized carbons (Fsp3) is 0.0833. The van der Waals surface area contributed by atoms with Gasteiger partial charge >= 0.3 is 6.18 Å². The number of phenolic OH excluding ortho intramolecular Hbond substituents is 1. The number of carbonyl (C=O) groups excluding carboxylic acids is 1. The zero-order valence-corrected chi connectivity index (χ0v) is 18.4. The fourth-order valence-electron chi connectivity index (χ4n) is 3.84. The Morgan fingerprint density at radius 3 is 2.57 bits per heavy atom. The van der Waals surface area contributed by atoms with Crippen molar-refractivity contribution in [2.75, 3.05) is 0 Å². The number of hydrogen-bond donors (Lipinski definition) is 1. The molecule has 0 aliphatic rings. The molecule has 11 heteroatoms. The van der Waals surface area contributed by atoms with E-state index in [9.17, 15) is 23.1 Å². The Hall–Kier alpha value is -4.18. The van der Waals surface area contributed by atoms with Crippen molar-refractivity contribution >= 4 is 28.3 Å². The number of fused-ring (bicyclic) bond motifs is 1. The second-order valence-corrected chi connectivity index (χ2v) is 8.07. The van der Waals surface area contributed by atoms with E-state index in [-0.39, 0.29) is 29.1 Å². The molecule has 35 heavy (non-hydrogen) atoms. The van der Waals surface area contributed by atoms with Crippen LogP contribution in [0.5, 0.6) is 5.75 Å². The smallest absolute Gasteiger partial charge is 0.432 e. The number of hydrogen-bond acceptors (Lipinski definition) is 6. The van der Waals surface area contributed by atoms with Crippen molar-refractivity contribution in [3.63, 3.8) is 0 Å². The van der Waals surface area contributed by atoms with Crippen molar-refractivity contribution in [3.8, 4) is 17.2 Å². The monoisotopic (exact) mass is 498 g/mol. The number of aromatic nitrogens is 4. The molecule has 0 unspecified atom stereocenters. The van der Waals surface area contributed by atoms with E-state index in [2.05, 4.69) is 15.1 Å². The van der Waals surface area contributed by atoms with Crippen molar-refractivity contribution < 1.29 is 27.6 Å². The van der Waals surface area contributed by atoms with Gasteiger partial charge in [-0.2, -0.15) is 18.2 Å². The summed E-state index contributed by atoms with van der Waals surface area (Å²) in [6.07, 6.45) is -1.98. The Bertz CT molecular complexity index is 1540. The van der Waals surface area contributed by atoms with Gasteiger partial charge in [-0.05, 0) is 48.0 Å². The lowest BCUT2D eigenvalue weighted by molar-refractivity contribution is -0.143. The Kier molecular flexibility index (Phi) is 5.52. The maximum Gasteiger partial charge on any atom is 0.432 e. The summed E-state index contributed by atoms with van der Waals surface area (Å²) in [4.78, 5) is 21.3. The number of rotatable bonds is 5. The first-order valence-corrected chi connectivity index (χ1v) is 10.6. The number of ketones is 1. The van der Waals surface area contributed by atoms with E-state index in [0.717, 1.165) is 10.6 Å². The van der Waals surface area contributed by atoms with Gasteiger partial charge in [0, 0.05) is 34.9 Å². The predicted molar refractivity (Wildman–Crippen MR) is 120 cm³/mol. The van der Waals surface area contributed by atoms with Crippen LogP contribution < -0.4 is 0 Å². The molecule has 0 fully saturated rings. The third kappa shape index (κ3) is 4.24. The molecule has 0 bridgehead atoms. The molecule has 1 N–H and O–H groups in total. The van der Waals surface area contributed by atoms with Gasteiger partial charge in [0.1, 0.15) is 11.4 Å². The molecule has 0 spiro atoms. The van der Waals surface area contributed by atoms with Gasteiger partial charge in [0.05, 0.1) is 11.1 Å². The summed E-state index contributed by atoms with van der Waals surface area (Å²) in [5, 5.41) is 14.0. The van der Waals surface area contributed by atoms with Gasteiger partial charge in [-0.25, -0.2) is 0 Å². The second kappa shape index (κ2) is 8.55. The summed E-state index contributed by atoms with van der Waals surface area (Å²) in [6, 6.07) is 13.2. The third-order valence-electron chi connectivity index (χ3n) is 5.33. The normalized spacial score (nSPS) is 11.8. The van der Waals surface area contributed by atoms with Crippen LogP contribution in [0.3, 0.4) is 0 Å². The molecule has 0 aliphatic carbocycles. The van der Waals surface area contributed by atoms with E-state index in [1.54, 1.807) is 36.4 Å². The van der Waals surface area contributed by atoms with Gasteiger partial charge < -0.3 is 14.2 Å². The van der Waals surface area contributed by atoms with Gasteiger partial charge in [0.15, 0.2) is 0 Å². The van der Waals surface area contributed by atoms with Crippen molar-refractivity contribution in [1.82, 2.24) is 19.7 Å². The number of nitrogens with zero attached hydrogens (tertiary/aromatic N) is 4. The number of carbonyl (C=O) groups is 1. The lowest BCUT2D eigenvalue weighted by atomic mass is 10.1. The standard InChI is InChI=1S/C24H14ClF3N4O3/c25-15-5-3-13(4-6-15)12-32-18-8-7-16(33)10-17(18)19(21(32)24(26,27)28)20(34)22-30-23(35-31-22)14-2-1-9-29-11-14/h1-11,33H,12H2. The highest BCUT2D eigenvalue weighted by Gasteiger charge is 2.42. The van der Waals surface area contributed by atoms with Crippen LogP contribution in [0.25, 0.3) is 22.4 Å². The Morgan fingerprint density at radius 1 is 1.11 bits per heavy atom. The molecule has 0 radical (unpaired) electrons. The van der Waals surface area contributed by atoms with Crippen LogP contribution in [0.15, 0.2) is 71.5 Å². The first-order chi connectivity index (χ1) is 16.7. The van der Waals surface area contributed by atoms with Crippen molar-refractivity contribution in [3.05, 3.63) is 94.7 Å². The Labute approximate surface area is 200 Å². The van der Waals surface area contributed by atoms with Crippen LogP contribution >= 0.6 is 11.6 Å². The number of pyridine rings is 1. The number of aromatic hydroxyl groups is 1. The molecule has 0 aliphatic heterocycles. The lowest BCUT2D eigenvalue weighted by Gasteiger charge is -2.14. The van der Waals surface area contributed by atoms with Crippen LogP contribution in [-0.2, 0) is 12.7 Å². The highest BCUT2D eigenvalue weighted by Crippen LogP contribution is 2.40. The average Bonchev–Trinajstić information content (AvgIpc) is 3.44. The zero-order chi connectivity index (χ0) is 24.7. The molecule has 0 amide bonds. The fourth-order valence-corrected chi connectivity index (χ4v) is 3.96. The minimum absolute atomic E-state index is 0.0669. The molecule has 176 valence electrons. The highest BCUT2D eigenvalue weighted by molar-refractivity contribution is 6.30. The topological polar surface area (TPSA) is 94.0 Å². The summed E-state index contributed by atoms with van der Waals surface area (Å²) in [6.45, 7) is -0.201. The minimum atomic E-state index is -4.91. The van der Waals surface area contributed by atoms with E-state index >= 15 is 0 Å².